The molecule has 1 aromatic heterocycles. The third-order valence-electron chi connectivity index (χ3n) is 4.55. The van der Waals surface area contributed by atoms with Gasteiger partial charge in [-0.15, -0.1) is 0 Å². The van der Waals surface area contributed by atoms with Gasteiger partial charge in [-0.05, 0) is 23.8 Å². The van der Waals surface area contributed by atoms with Crippen LogP contribution in [0, 0.1) is 0 Å². The maximum Gasteiger partial charge on any atom is 0.164 e. The average molecular weight is 378 g/mol. The third-order valence-corrected chi connectivity index (χ3v) is 4.55. The van der Waals surface area contributed by atoms with Crippen molar-refractivity contribution in [2.24, 2.45) is 0 Å². The molecule has 0 aliphatic carbocycles. The average Bonchev–Trinajstić information content (AvgIpc) is 2.79. The van der Waals surface area contributed by atoms with Gasteiger partial charge in [-0.25, -0.2) is 15.0 Å². The number of anilines is 1. The van der Waals surface area contributed by atoms with Crippen molar-refractivity contribution >= 4 is 17.8 Å². The van der Waals surface area contributed by atoms with Crippen LogP contribution in [0.2, 0.25) is 0 Å². The quantitative estimate of drug-likeness (QED) is 0.464. The summed E-state index contributed by atoms with van der Waals surface area (Å²) in [6.45, 7) is 0. The van der Waals surface area contributed by atoms with Crippen molar-refractivity contribution in [2.75, 3.05) is 19.0 Å². The van der Waals surface area contributed by atoms with E-state index in [1.807, 2.05) is 86.9 Å². The molecule has 4 aromatic rings. The van der Waals surface area contributed by atoms with Crippen LogP contribution < -0.4 is 4.90 Å². The van der Waals surface area contributed by atoms with E-state index in [2.05, 4.69) is 39.1 Å². The van der Waals surface area contributed by atoms with Gasteiger partial charge in [-0.1, -0.05) is 78.9 Å². The van der Waals surface area contributed by atoms with Gasteiger partial charge in [0.25, 0.3) is 0 Å². The van der Waals surface area contributed by atoms with Crippen LogP contribution in [0.4, 0.5) is 5.69 Å². The number of nitrogens with zero attached hydrogens (tertiary/aromatic N) is 4. The zero-order valence-corrected chi connectivity index (χ0v) is 16.5. The SMILES string of the molecule is CN(C)c1ccc(/C=C/c2nc(-c3ccccc3)nc(-c3ccccc3)n2)cc1. The second-order valence-corrected chi connectivity index (χ2v) is 6.89. The molecule has 0 fully saturated rings. The van der Waals surface area contributed by atoms with E-state index in [1.165, 1.54) is 5.69 Å². The van der Waals surface area contributed by atoms with Gasteiger partial charge in [0.2, 0.25) is 0 Å². The lowest BCUT2D eigenvalue weighted by molar-refractivity contribution is 1.05. The van der Waals surface area contributed by atoms with Crippen molar-refractivity contribution in [1.29, 1.82) is 0 Å². The van der Waals surface area contributed by atoms with Crippen LogP contribution in [0.25, 0.3) is 34.9 Å². The van der Waals surface area contributed by atoms with Crippen molar-refractivity contribution in [3.05, 3.63) is 96.3 Å². The predicted molar refractivity (Wildman–Crippen MR) is 120 cm³/mol. The summed E-state index contributed by atoms with van der Waals surface area (Å²) in [5.41, 5.74) is 4.20. The molecule has 0 spiro atoms. The highest BCUT2D eigenvalue weighted by molar-refractivity contribution is 5.70. The fraction of sp³-hybridized carbons (Fsp3) is 0.0800. The molecule has 0 radical (unpaired) electrons. The zero-order chi connectivity index (χ0) is 20.1. The minimum atomic E-state index is 0.634. The molecule has 1 heterocycles. The first kappa shape index (κ1) is 18.6. The Morgan fingerprint density at radius 3 is 1.59 bits per heavy atom. The molecule has 0 aliphatic rings. The molecular formula is C25H22N4. The Kier molecular flexibility index (Phi) is 5.43. The Hall–Kier alpha value is -3.79. The molecule has 0 saturated heterocycles. The Bertz CT molecular complexity index is 1040. The van der Waals surface area contributed by atoms with Crippen molar-refractivity contribution in [1.82, 2.24) is 15.0 Å². The fourth-order valence-electron chi connectivity index (χ4n) is 2.95. The number of benzene rings is 3. The van der Waals surface area contributed by atoms with Crippen LogP contribution in [-0.4, -0.2) is 29.0 Å². The first-order valence-corrected chi connectivity index (χ1v) is 9.51. The summed E-state index contributed by atoms with van der Waals surface area (Å²) in [4.78, 5) is 16.1. The summed E-state index contributed by atoms with van der Waals surface area (Å²) < 4.78 is 0. The molecule has 0 aliphatic heterocycles. The van der Waals surface area contributed by atoms with Crippen molar-refractivity contribution < 1.29 is 0 Å². The van der Waals surface area contributed by atoms with E-state index < -0.39 is 0 Å². The van der Waals surface area contributed by atoms with E-state index in [-0.39, 0.29) is 0 Å². The Balaban J connectivity index is 1.72. The maximum absolute atomic E-state index is 4.70. The molecule has 3 aromatic carbocycles. The molecule has 4 rings (SSSR count). The molecule has 0 N–H and O–H groups in total. The highest BCUT2D eigenvalue weighted by Crippen LogP contribution is 2.21. The van der Waals surface area contributed by atoms with E-state index >= 15 is 0 Å². The lowest BCUT2D eigenvalue weighted by Gasteiger charge is -2.11. The lowest BCUT2D eigenvalue weighted by Crippen LogP contribution is -2.07. The van der Waals surface area contributed by atoms with Gasteiger partial charge in [-0.2, -0.15) is 0 Å². The molecule has 4 heteroatoms. The Morgan fingerprint density at radius 1 is 0.586 bits per heavy atom. The van der Waals surface area contributed by atoms with Crippen molar-refractivity contribution in [2.45, 2.75) is 0 Å². The monoisotopic (exact) mass is 378 g/mol. The molecule has 29 heavy (non-hydrogen) atoms. The first-order valence-electron chi connectivity index (χ1n) is 9.51. The lowest BCUT2D eigenvalue weighted by atomic mass is 10.1. The summed E-state index contributed by atoms with van der Waals surface area (Å²) in [5.74, 6) is 1.97. The molecule has 0 amide bonds. The third kappa shape index (κ3) is 4.55. The van der Waals surface area contributed by atoms with Crippen LogP contribution >= 0.6 is 0 Å². The van der Waals surface area contributed by atoms with Crippen LogP contribution in [-0.2, 0) is 0 Å². The predicted octanol–water partition coefficient (Wildman–Crippen LogP) is 5.44. The van der Waals surface area contributed by atoms with Gasteiger partial charge in [-0.3, -0.25) is 0 Å². The summed E-state index contributed by atoms with van der Waals surface area (Å²) in [7, 11) is 4.07. The Labute approximate surface area is 171 Å². The minimum absolute atomic E-state index is 0.634. The largest absolute Gasteiger partial charge is 0.378 e. The van der Waals surface area contributed by atoms with Crippen molar-refractivity contribution in [3.8, 4) is 22.8 Å². The van der Waals surface area contributed by atoms with E-state index in [1.54, 1.807) is 0 Å². The molecule has 4 nitrogen and oxygen atoms in total. The second kappa shape index (κ2) is 8.48. The topological polar surface area (TPSA) is 41.9 Å². The number of rotatable bonds is 5. The van der Waals surface area contributed by atoms with Crippen molar-refractivity contribution in [3.63, 3.8) is 0 Å². The number of hydrogen-bond donors (Lipinski definition) is 0. The van der Waals surface area contributed by atoms with Crippen LogP contribution in [0.1, 0.15) is 11.4 Å². The van der Waals surface area contributed by atoms with E-state index in [0.717, 1.165) is 16.7 Å². The van der Waals surface area contributed by atoms with Gasteiger partial charge < -0.3 is 4.90 Å². The first-order chi connectivity index (χ1) is 14.2. The highest BCUT2D eigenvalue weighted by Gasteiger charge is 2.08. The number of aromatic nitrogens is 3. The molecule has 0 unspecified atom stereocenters. The van der Waals surface area contributed by atoms with Gasteiger partial charge in [0, 0.05) is 30.9 Å². The molecule has 0 saturated carbocycles. The second-order valence-electron chi connectivity index (χ2n) is 6.89. The minimum Gasteiger partial charge on any atom is -0.378 e. The standard InChI is InChI=1S/C25H22N4/c1-29(2)22-16-13-19(14-17-22)15-18-23-26-24(20-9-5-3-6-10-20)28-25(27-23)21-11-7-4-8-12-21/h3-18H,1-2H3/b18-15+. The highest BCUT2D eigenvalue weighted by atomic mass is 15.1. The molecular weight excluding hydrogens is 356 g/mol. The van der Waals surface area contributed by atoms with Gasteiger partial charge in [0.05, 0.1) is 0 Å². The van der Waals surface area contributed by atoms with Gasteiger partial charge in [0.15, 0.2) is 17.5 Å². The summed E-state index contributed by atoms with van der Waals surface area (Å²) in [6.07, 6.45) is 3.96. The normalized spacial score (nSPS) is 11.0. The summed E-state index contributed by atoms with van der Waals surface area (Å²) in [6, 6.07) is 28.3. The molecule has 0 bridgehead atoms. The van der Waals surface area contributed by atoms with Crippen LogP contribution in [0.3, 0.4) is 0 Å². The Morgan fingerprint density at radius 2 is 1.10 bits per heavy atom. The van der Waals surface area contributed by atoms with Gasteiger partial charge in [0.1, 0.15) is 0 Å². The number of hydrogen-bond acceptors (Lipinski definition) is 4. The summed E-state index contributed by atoms with van der Waals surface area (Å²) in [5, 5.41) is 0. The van der Waals surface area contributed by atoms with E-state index in [0.29, 0.717) is 17.5 Å². The van der Waals surface area contributed by atoms with E-state index in [4.69, 9.17) is 4.98 Å². The molecule has 142 valence electrons. The fourth-order valence-corrected chi connectivity index (χ4v) is 2.95. The maximum atomic E-state index is 4.70. The van der Waals surface area contributed by atoms with Crippen LogP contribution in [0.15, 0.2) is 84.9 Å². The van der Waals surface area contributed by atoms with E-state index in [9.17, 15) is 0 Å². The van der Waals surface area contributed by atoms with Gasteiger partial charge >= 0.3 is 0 Å². The van der Waals surface area contributed by atoms with Crippen LogP contribution in [0.5, 0.6) is 0 Å². The summed E-state index contributed by atoms with van der Waals surface area (Å²) >= 11 is 0. The molecule has 0 atom stereocenters. The zero-order valence-electron chi connectivity index (χ0n) is 16.5. The smallest absolute Gasteiger partial charge is 0.164 e.